The number of rotatable bonds is 2. The molecular weight excluding hydrogens is 275 g/mol. The van der Waals surface area contributed by atoms with Crippen molar-refractivity contribution < 1.29 is 23.1 Å². The molecule has 1 amide bonds. The van der Waals surface area contributed by atoms with Gasteiger partial charge < -0.3 is 5.11 Å². The molecule has 0 unspecified atom stereocenters. The Hall–Kier alpha value is -2.64. The van der Waals surface area contributed by atoms with Crippen LogP contribution in [0.25, 0.3) is 11.3 Å². The molecule has 0 fully saturated rings. The Morgan fingerprint density at radius 1 is 1.15 bits per heavy atom. The number of hydrogen-bond donors (Lipinski definition) is 2. The van der Waals surface area contributed by atoms with Gasteiger partial charge in [-0.15, -0.1) is 0 Å². The summed E-state index contributed by atoms with van der Waals surface area (Å²) in [5.41, 5.74) is 0.753. The molecule has 0 aliphatic heterocycles. The summed E-state index contributed by atoms with van der Waals surface area (Å²) < 4.78 is 36.4. The molecule has 0 spiro atoms. The van der Waals surface area contributed by atoms with Gasteiger partial charge in [-0.25, -0.2) is 4.98 Å². The molecule has 0 saturated carbocycles. The number of nitrogens with one attached hydrogen (secondary N) is 1. The number of amides is 1. The van der Waals surface area contributed by atoms with Gasteiger partial charge in [-0.1, -0.05) is 30.3 Å². The van der Waals surface area contributed by atoms with E-state index >= 15 is 0 Å². The number of nitrogens with zero attached hydrogens (tertiary/aromatic N) is 2. The summed E-state index contributed by atoms with van der Waals surface area (Å²) in [6, 6.07) is 9.62. The third kappa shape index (κ3) is 3.22. The summed E-state index contributed by atoms with van der Waals surface area (Å²) >= 11 is 0. The number of halogens is 3. The van der Waals surface area contributed by atoms with Crippen LogP contribution in [0.2, 0.25) is 0 Å². The average molecular weight is 283 g/mol. The van der Waals surface area contributed by atoms with E-state index in [1.54, 1.807) is 30.3 Å². The molecule has 0 aliphatic rings. The first kappa shape index (κ1) is 13.8. The summed E-state index contributed by atoms with van der Waals surface area (Å²) in [4.78, 5) is 17.9. The number of anilines is 1. The molecule has 8 heteroatoms. The lowest BCUT2D eigenvalue weighted by Gasteiger charge is -2.08. The van der Waals surface area contributed by atoms with E-state index in [0.29, 0.717) is 5.56 Å². The predicted molar refractivity (Wildman–Crippen MR) is 63.8 cm³/mol. The van der Waals surface area contributed by atoms with Crippen LogP contribution in [0.5, 0.6) is 5.88 Å². The van der Waals surface area contributed by atoms with Crippen LogP contribution >= 0.6 is 0 Å². The van der Waals surface area contributed by atoms with E-state index in [4.69, 9.17) is 0 Å². The van der Waals surface area contributed by atoms with Gasteiger partial charge in [0.2, 0.25) is 11.8 Å². The van der Waals surface area contributed by atoms with Crippen LogP contribution < -0.4 is 5.32 Å². The Morgan fingerprint density at radius 3 is 2.40 bits per heavy atom. The number of hydrogen-bond acceptors (Lipinski definition) is 4. The van der Waals surface area contributed by atoms with Gasteiger partial charge in [0.1, 0.15) is 0 Å². The van der Waals surface area contributed by atoms with Crippen molar-refractivity contribution >= 4 is 11.9 Å². The SMILES string of the molecule is O=C(Nc1nc(O)cc(-c2ccccc2)n1)C(F)(F)F. The van der Waals surface area contributed by atoms with Crippen LogP contribution in [0.15, 0.2) is 36.4 Å². The van der Waals surface area contributed by atoms with E-state index in [9.17, 15) is 23.1 Å². The summed E-state index contributed by atoms with van der Waals surface area (Å²) in [6.07, 6.45) is -5.05. The van der Waals surface area contributed by atoms with Crippen molar-refractivity contribution in [2.24, 2.45) is 0 Å². The van der Waals surface area contributed by atoms with Crippen molar-refractivity contribution in [2.45, 2.75) is 6.18 Å². The van der Waals surface area contributed by atoms with Gasteiger partial charge in [0, 0.05) is 11.6 Å². The highest BCUT2D eigenvalue weighted by molar-refractivity contribution is 5.93. The molecule has 1 aromatic carbocycles. The van der Waals surface area contributed by atoms with E-state index < -0.39 is 23.9 Å². The second-order valence-corrected chi connectivity index (χ2v) is 3.75. The minimum atomic E-state index is -5.05. The molecule has 0 aliphatic carbocycles. The topological polar surface area (TPSA) is 75.1 Å². The third-order valence-electron chi connectivity index (χ3n) is 2.26. The van der Waals surface area contributed by atoms with Crippen LogP contribution in [0.3, 0.4) is 0 Å². The molecule has 2 N–H and O–H groups in total. The van der Waals surface area contributed by atoms with E-state index in [1.165, 1.54) is 11.4 Å². The normalized spacial score (nSPS) is 11.2. The summed E-state index contributed by atoms with van der Waals surface area (Å²) in [5.74, 6) is -3.37. The Bertz CT molecular complexity index is 630. The molecule has 1 aromatic heterocycles. The summed E-state index contributed by atoms with van der Waals surface area (Å²) in [5, 5.41) is 10.9. The quantitative estimate of drug-likeness (QED) is 0.887. The Morgan fingerprint density at radius 2 is 1.80 bits per heavy atom. The van der Waals surface area contributed by atoms with Crippen molar-refractivity contribution in [2.75, 3.05) is 5.32 Å². The Kier molecular flexibility index (Phi) is 3.55. The van der Waals surface area contributed by atoms with Gasteiger partial charge >= 0.3 is 12.1 Å². The van der Waals surface area contributed by atoms with Gasteiger partial charge in [0.25, 0.3) is 0 Å². The van der Waals surface area contributed by atoms with Crippen LogP contribution in [-0.2, 0) is 4.79 Å². The molecule has 0 radical (unpaired) electrons. The number of aromatic hydroxyl groups is 1. The molecule has 5 nitrogen and oxygen atoms in total. The van der Waals surface area contributed by atoms with Crippen LogP contribution in [0.1, 0.15) is 0 Å². The van der Waals surface area contributed by atoms with Crippen LogP contribution in [0, 0.1) is 0 Å². The fourth-order valence-corrected chi connectivity index (χ4v) is 1.42. The smallest absolute Gasteiger partial charge is 0.471 e. The highest BCUT2D eigenvalue weighted by Crippen LogP contribution is 2.23. The van der Waals surface area contributed by atoms with Gasteiger partial charge in [0.05, 0.1) is 5.69 Å². The first-order valence-electron chi connectivity index (χ1n) is 5.38. The summed E-state index contributed by atoms with van der Waals surface area (Å²) in [7, 11) is 0. The van der Waals surface area contributed by atoms with Crippen molar-refractivity contribution in [3.63, 3.8) is 0 Å². The highest BCUT2D eigenvalue weighted by atomic mass is 19.4. The maximum absolute atomic E-state index is 12.1. The lowest BCUT2D eigenvalue weighted by molar-refractivity contribution is -0.167. The van der Waals surface area contributed by atoms with Crippen molar-refractivity contribution in [1.29, 1.82) is 0 Å². The Balaban J connectivity index is 2.33. The lowest BCUT2D eigenvalue weighted by atomic mass is 10.1. The van der Waals surface area contributed by atoms with Crippen molar-refractivity contribution in [3.8, 4) is 17.1 Å². The molecule has 104 valence electrons. The van der Waals surface area contributed by atoms with E-state index in [2.05, 4.69) is 9.97 Å². The molecule has 0 saturated heterocycles. The van der Waals surface area contributed by atoms with Crippen molar-refractivity contribution in [1.82, 2.24) is 9.97 Å². The van der Waals surface area contributed by atoms with Gasteiger partial charge in [-0.05, 0) is 0 Å². The fourth-order valence-electron chi connectivity index (χ4n) is 1.42. The van der Waals surface area contributed by atoms with E-state index in [-0.39, 0.29) is 5.69 Å². The lowest BCUT2D eigenvalue weighted by Crippen LogP contribution is -2.30. The summed E-state index contributed by atoms with van der Waals surface area (Å²) in [6.45, 7) is 0. The first-order valence-corrected chi connectivity index (χ1v) is 5.38. The number of carbonyl (C=O) groups excluding carboxylic acids is 1. The molecular formula is C12H8F3N3O2. The molecule has 0 atom stereocenters. The maximum Gasteiger partial charge on any atom is 0.471 e. The van der Waals surface area contributed by atoms with E-state index in [1.807, 2.05) is 0 Å². The minimum Gasteiger partial charge on any atom is -0.493 e. The minimum absolute atomic E-state index is 0.190. The number of carbonyl (C=O) groups is 1. The third-order valence-corrected chi connectivity index (χ3v) is 2.26. The zero-order valence-corrected chi connectivity index (χ0v) is 9.85. The van der Waals surface area contributed by atoms with Gasteiger partial charge in [-0.2, -0.15) is 18.2 Å². The second-order valence-electron chi connectivity index (χ2n) is 3.75. The number of benzene rings is 1. The number of aromatic nitrogens is 2. The monoisotopic (exact) mass is 283 g/mol. The Labute approximate surface area is 111 Å². The molecule has 2 rings (SSSR count). The van der Waals surface area contributed by atoms with Crippen LogP contribution in [0.4, 0.5) is 19.1 Å². The first-order chi connectivity index (χ1) is 9.36. The average Bonchev–Trinajstić information content (AvgIpc) is 2.38. The number of alkyl halides is 3. The maximum atomic E-state index is 12.1. The molecule has 20 heavy (non-hydrogen) atoms. The standard InChI is InChI=1S/C12H8F3N3O2/c13-12(14,15)10(20)18-11-16-8(6-9(19)17-11)7-4-2-1-3-5-7/h1-6H,(H2,16,17,18,19,20). The largest absolute Gasteiger partial charge is 0.493 e. The second kappa shape index (κ2) is 5.16. The predicted octanol–water partition coefficient (Wildman–Crippen LogP) is 2.35. The van der Waals surface area contributed by atoms with Gasteiger partial charge in [-0.3, -0.25) is 10.1 Å². The van der Waals surface area contributed by atoms with Crippen molar-refractivity contribution in [3.05, 3.63) is 36.4 Å². The van der Waals surface area contributed by atoms with E-state index in [0.717, 1.165) is 0 Å². The fraction of sp³-hybridized carbons (Fsp3) is 0.0833. The van der Waals surface area contributed by atoms with Crippen LogP contribution in [-0.4, -0.2) is 27.2 Å². The molecule has 2 aromatic rings. The zero-order chi connectivity index (χ0) is 14.8. The zero-order valence-electron chi connectivity index (χ0n) is 9.85. The van der Waals surface area contributed by atoms with Gasteiger partial charge in [0.15, 0.2) is 0 Å². The molecule has 1 heterocycles. The molecule has 0 bridgehead atoms. The highest BCUT2D eigenvalue weighted by Gasteiger charge is 2.39.